The molecule has 8 nitrogen and oxygen atoms in total. The number of ether oxygens (including phenoxy) is 3. The topological polar surface area (TPSA) is 103 Å². The first-order valence-electron chi connectivity index (χ1n) is 8.95. The number of halogens is 2. The van der Waals surface area contributed by atoms with Crippen molar-refractivity contribution in [1.29, 1.82) is 0 Å². The molecule has 2 aliphatic rings. The van der Waals surface area contributed by atoms with Gasteiger partial charge in [0.2, 0.25) is 5.91 Å². The molecule has 152 valence electrons. The van der Waals surface area contributed by atoms with E-state index in [9.17, 15) is 23.2 Å². The van der Waals surface area contributed by atoms with Crippen LogP contribution < -0.4 is 20.1 Å². The number of hydrogen-bond donors (Lipinski definition) is 2. The van der Waals surface area contributed by atoms with Crippen molar-refractivity contribution in [3.63, 3.8) is 0 Å². The molecule has 0 bridgehead atoms. The Labute approximate surface area is 159 Å². The van der Waals surface area contributed by atoms with E-state index < -0.39 is 24.8 Å². The summed E-state index contributed by atoms with van der Waals surface area (Å²) < 4.78 is 39.3. The van der Waals surface area contributed by atoms with Gasteiger partial charge in [-0.2, -0.15) is 0 Å². The highest BCUT2D eigenvalue weighted by molar-refractivity contribution is 5.93. The predicted octanol–water partition coefficient (Wildman–Crippen LogP) is 2.19. The smallest absolute Gasteiger partial charge is 0.454 e. The highest BCUT2D eigenvalue weighted by atomic mass is 19.3. The third-order valence-electron chi connectivity index (χ3n) is 4.43. The summed E-state index contributed by atoms with van der Waals surface area (Å²) in [7, 11) is 0. The van der Waals surface area contributed by atoms with E-state index in [1.54, 1.807) is 0 Å². The first kappa shape index (κ1) is 19.8. The van der Waals surface area contributed by atoms with E-state index in [-0.39, 0.29) is 35.6 Å². The zero-order valence-electron chi connectivity index (χ0n) is 15.0. The van der Waals surface area contributed by atoms with Crippen molar-refractivity contribution in [2.75, 3.05) is 18.5 Å². The molecule has 1 aliphatic heterocycles. The van der Waals surface area contributed by atoms with Crippen LogP contribution in [0.3, 0.4) is 0 Å². The van der Waals surface area contributed by atoms with Gasteiger partial charge in [-0.25, -0.2) is 0 Å². The normalized spacial score (nSPS) is 17.6. The fraction of sp³-hybridized carbons (Fsp3) is 0.500. The Kier molecular flexibility index (Phi) is 5.96. The summed E-state index contributed by atoms with van der Waals surface area (Å²) in [5.74, 6) is -2.04. The van der Waals surface area contributed by atoms with Gasteiger partial charge in [0.15, 0.2) is 18.1 Å². The summed E-state index contributed by atoms with van der Waals surface area (Å²) in [6, 6.07) is 3.73. The summed E-state index contributed by atoms with van der Waals surface area (Å²) in [4.78, 5) is 35.5. The van der Waals surface area contributed by atoms with E-state index in [1.807, 2.05) is 0 Å². The van der Waals surface area contributed by atoms with Crippen molar-refractivity contribution >= 4 is 23.5 Å². The summed E-state index contributed by atoms with van der Waals surface area (Å²) in [6.07, 6.45) is 0.991. The molecule has 1 aromatic rings. The molecule has 1 saturated carbocycles. The van der Waals surface area contributed by atoms with Crippen LogP contribution in [0.25, 0.3) is 0 Å². The minimum Gasteiger partial charge on any atom is -0.454 e. The van der Waals surface area contributed by atoms with Gasteiger partial charge >= 0.3 is 12.3 Å². The minimum atomic E-state index is -3.75. The van der Waals surface area contributed by atoms with Crippen molar-refractivity contribution in [3.8, 4) is 11.5 Å². The SMILES string of the molecule is O=C(COC(=O)CNC(=O)C1CCCCC1)Nc1ccc2c(c1)OC(F)(F)O2. The van der Waals surface area contributed by atoms with E-state index in [2.05, 4.69) is 20.1 Å². The van der Waals surface area contributed by atoms with Crippen LogP contribution in [0.4, 0.5) is 14.5 Å². The van der Waals surface area contributed by atoms with E-state index in [4.69, 9.17) is 4.74 Å². The molecular formula is C18H20F2N2O6. The summed E-state index contributed by atoms with van der Waals surface area (Å²) >= 11 is 0. The standard InChI is InChI=1S/C18H20F2N2O6/c19-18(20)27-13-7-6-12(8-14(13)28-18)22-15(23)10-26-16(24)9-21-17(25)11-4-2-1-3-5-11/h6-8,11H,1-5,9-10H2,(H,21,25)(H,22,23). The lowest BCUT2D eigenvalue weighted by Gasteiger charge is -2.20. The maximum atomic E-state index is 13.0. The molecule has 0 radical (unpaired) electrons. The Hall–Kier alpha value is -2.91. The van der Waals surface area contributed by atoms with Crippen LogP contribution in [-0.4, -0.2) is 37.2 Å². The largest absolute Gasteiger partial charge is 0.586 e. The van der Waals surface area contributed by atoms with Crippen LogP contribution in [0.1, 0.15) is 32.1 Å². The maximum absolute atomic E-state index is 13.0. The molecule has 0 atom stereocenters. The number of carbonyl (C=O) groups excluding carboxylic acids is 3. The zero-order valence-corrected chi connectivity index (χ0v) is 15.0. The van der Waals surface area contributed by atoms with Gasteiger partial charge in [-0.15, -0.1) is 8.78 Å². The second kappa shape index (κ2) is 8.41. The predicted molar refractivity (Wildman–Crippen MR) is 91.8 cm³/mol. The van der Waals surface area contributed by atoms with Crippen LogP contribution in [0.2, 0.25) is 0 Å². The molecule has 1 heterocycles. The lowest BCUT2D eigenvalue weighted by Crippen LogP contribution is -2.36. The van der Waals surface area contributed by atoms with E-state index in [0.717, 1.165) is 32.1 Å². The van der Waals surface area contributed by atoms with E-state index >= 15 is 0 Å². The number of hydrogen-bond acceptors (Lipinski definition) is 6. The van der Waals surface area contributed by atoms with Crippen LogP contribution in [0.5, 0.6) is 11.5 Å². The average molecular weight is 398 g/mol. The summed E-state index contributed by atoms with van der Waals surface area (Å²) in [5, 5.41) is 4.90. The van der Waals surface area contributed by atoms with Crippen molar-refractivity contribution in [2.24, 2.45) is 5.92 Å². The molecule has 28 heavy (non-hydrogen) atoms. The number of fused-ring (bicyclic) bond motifs is 1. The number of alkyl halides is 2. The van der Waals surface area contributed by atoms with Crippen molar-refractivity contribution in [3.05, 3.63) is 18.2 Å². The summed E-state index contributed by atoms with van der Waals surface area (Å²) in [5.41, 5.74) is 0.173. The molecule has 2 N–H and O–H groups in total. The van der Waals surface area contributed by atoms with Crippen LogP contribution in [-0.2, 0) is 19.1 Å². The van der Waals surface area contributed by atoms with E-state index in [0.29, 0.717) is 0 Å². The molecule has 3 rings (SSSR count). The molecule has 2 amide bonds. The van der Waals surface area contributed by atoms with Gasteiger partial charge in [-0.3, -0.25) is 14.4 Å². The molecule has 0 unspecified atom stereocenters. The Morgan fingerprint density at radius 1 is 1.11 bits per heavy atom. The van der Waals surface area contributed by atoms with Gasteiger partial charge in [0.25, 0.3) is 5.91 Å². The highest BCUT2D eigenvalue weighted by Crippen LogP contribution is 2.42. The van der Waals surface area contributed by atoms with Gasteiger partial charge in [0.1, 0.15) is 6.54 Å². The lowest BCUT2D eigenvalue weighted by atomic mass is 9.89. The second-order valence-electron chi connectivity index (χ2n) is 6.59. The van der Waals surface area contributed by atoms with Crippen molar-refractivity contribution in [2.45, 2.75) is 38.4 Å². The van der Waals surface area contributed by atoms with Gasteiger partial charge in [0, 0.05) is 17.7 Å². The van der Waals surface area contributed by atoms with Crippen LogP contribution in [0.15, 0.2) is 18.2 Å². The Balaban J connectivity index is 1.38. The number of rotatable bonds is 6. The Bertz CT molecular complexity index is 764. The number of anilines is 1. The first-order valence-corrected chi connectivity index (χ1v) is 8.95. The van der Waals surface area contributed by atoms with Gasteiger partial charge < -0.3 is 24.8 Å². The monoisotopic (exact) mass is 398 g/mol. The van der Waals surface area contributed by atoms with Gasteiger partial charge in [-0.1, -0.05) is 19.3 Å². The van der Waals surface area contributed by atoms with Gasteiger partial charge in [0.05, 0.1) is 0 Å². The lowest BCUT2D eigenvalue weighted by molar-refractivity contribution is -0.286. The highest BCUT2D eigenvalue weighted by Gasteiger charge is 2.43. The number of amides is 2. The van der Waals surface area contributed by atoms with Gasteiger partial charge in [-0.05, 0) is 25.0 Å². The summed E-state index contributed by atoms with van der Waals surface area (Å²) in [6.45, 7) is -0.898. The van der Waals surface area contributed by atoms with E-state index in [1.165, 1.54) is 18.2 Å². The van der Waals surface area contributed by atoms with Crippen molar-refractivity contribution in [1.82, 2.24) is 5.32 Å². The van der Waals surface area contributed by atoms with Crippen molar-refractivity contribution < 1.29 is 37.4 Å². The minimum absolute atomic E-state index is 0.0803. The molecule has 1 aliphatic carbocycles. The third kappa shape index (κ3) is 5.30. The fourth-order valence-corrected chi connectivity index (χ4v) is 3.09. The molecule has 0 saturated heterocycles. The molecule has 10 heteroatoms. The molecule has 1 aromatic carbocycles. The Morgan fingerprint density at radius 2 is 1.82 bits per heavy atom. The molecule has 1 fully saturated rings. The number of carbonyl (C=O) groups is 3. The first-order chi connectivity index (χ1) is 13.3. The maximum Gasteiger partial charge on any atom is 0.586 e. The number of esters is 1. The quantitative estimate of drug-likeness (QED) is 0.712. The molecule has 0 aromatic heterocycles. The number of benzene rings is 1. The van der Waals surface area contributed by atoms with Crippen LogP contribution >= 0.6 is 0 Å². The average Bonchev–Trinajstić information content (AvgIpc) is 2.98. The zero-order chi connectivity index (χ0) is 20.1. The number of nitrogens with one attached hydrogen (secondary N) is 2. The molecular weight excluding hydrogens is 378 g/mol. The third-order valence-corrected chi connectivity index (χ3v) is 4.43. The fourth-order valence-electron chi connectivity index (χ4n) is 3.09. The Morgan fingerprint density at radius 3 is 2.57 bits per heavy atom. The second-order valence-corrected chi connectivity index (χ2v) is 6.59. The molecule has 0 spiro atoms. The van der Waals surface area contributed by atoms with Crippen LogP contribution in [0, 0.1) is 5.92 Å².